The third kappa shape index (κ3) is 2.74. The van der Waals surface area contributed by atoms with Crippen LogP contribution >= 0.6 is 0 Å². The summed E-state index contributed by atoms with van der Waals surface area (Å²) in [4.78, 5) is 50.7. The number of ketones is 3. The summed E-state index contributed by atoms with van der Waals surface area (Å²) >= 11 is 0. The molecule has 4 aliphatic carbocycles. The lowest BCUT2D eigenvalue weighted by atomic mass is 9.44. The standard InChI is InChI=1S/C25H31FO7/c1-5-21(32)33-25(20(31)12-27)13(2)8-15-16-10-18(29)17-9-14(28)6-7-22(17,3)24(16,26)19(30)11-23(15,25)4/h6-7,9,13,15-16,19,27,30H,5,8,10-12H2,1-4H3/t13-,15+,16+,19+,22+,23+,24+,25-/m1/s1. The van der Waals surface area contributed by atoms with E-state index in [0.29, 0.717) is 0 Å². The zero-order valence-electron chi connectivity index (χ0n) is 19.4. The monoisotopic (exact) mass is 462 g/mol. The predicted octanol–water partition coefficient (Wildman–Crippen LogP) is 2.04. The molecular formula is C25H31FO7. The van der Waals surface area contributed by atoms with Crippen LogP contribution in [0.5, 0.6) is 0 Å². The van der Waals surface area contributed by atoms with E-state index in [2.05, 4.69) is 0 Å². The molecule has 0 heterocycles. The molecule has 0 aromatic rings. The average molecular weight is 463 g/mol. The number of carbonyl (C=O) groups is 4. The van der Waals surface area contributed by atoms with Gasteiger partial charge in [-0.2, -0.15) is 0 Å². The number of esters is 1. The van der Waals surface area contributed by atoms with E-state index in [4.69, 9.17) is 4.74 Å². The highest BCUT2D eigenvalue weighted by atomic mass is 19.1. The third-order valence-electron chi connectivity index (χ3n) is 9.15. The summed E-state index contributed by atoms with van der Waals surface area (Å²) in [6, 6.07) is 0. The minimum atomic E-state index is -2.26. The summed E-state index contributed by atoms with van der Waals surface area (Å²) in [7, 11) is 0. The average Bonchev–Trinajstić information content (AvgIpc) is 2.98. The van der Waals surface area contributed by atoms with Crippen LogP contribution in [0.1, 0.15) is 53.4 Å². The van der Waals surface area contributed by atoms with Crippen molar-refractivity contribution in [1.29, 1.82) is 0 Å². The van der Waals surface area contributed by atoms with Gasteiger partial charge in [-0.3, -0.25) is 19.2 Å². The number of allylic oxidation sites excluding steroid dienone is 4. The highest BCUT2D eigenvalue weighted by Crippen LogP contribution is 2.71. The van der Waals surface area contributed by atoms with Crippen molar-refractivity contribution in [2.45, 2.75) is 70.8 Å². The van der Waals surface area contributed by atoms with Gasteiger partial charge in [0.15, 0.2) is 22.8 Å². The minimum absolute atomic E-state index is 0.0104. The Balaban J connectivity index is 1.89. The molecule has 180 valence electrons. The van der Waals surface area contributed by atoms with E-state index in [1.165, 1.54) is 19.1 Å². The number of halogens is 1. The zero-order valence-corrected chi connectivity index (χ0v) is 19.4. The summed E-state index contributed by atoms with van der Waals surface area (Å²) in [5.41, 5.74) is -6.64. The Morgan fingerprint density at radius 3 is 2.52 bits per heavy atom. The molecule has 0 saturated heterocycles. The smallest absolute Gasteiger partial charge is 0.306 e. The molecule has 33 heavy (non-hydrogen) atoms. The number of aliphatic hydroxyl groups is 2. The Bertz CT molecular complexity index is 1000. The first-order chi connectivity index (χ1) is 15.3. The predicted molar refractivity (Wildman–Crippen MR) is 114 cm³/mol. The largest absolute Gasteiger partial charge is 0.450 e. The normalized spacial score (nSPS) is 46.2. The van der Waals surface area contributed by atoms with Crippen LogP contribution in [0.3, 0.4) is 0 Å². The highest BCUT2D eigenvalue weighted by Gasteiger charge is 2.77. The van der Waals surface area contributed by atoms with Gasteiger partial charge in [-0.1, -0.05) is 26.8 Å². The highest BCUT2D eigenvalue weighted by molar-refractivity contribution is 6.10. The number of fused-ring (bicyclic) bond motifs is 5. The molecule has 3 saturated carbocycles. The molecule has 3 fully saturated rings. The van der Waals surface area contributed by atoms with Crippen LogP contribution in [0.4, 0.5) is 4.39 Å². The van der Waals surface area contributed by atoms with E-state index >= 15 is 4.39 Å². The van der Waals surface area contributed by atoms with Gasteiger partial charge in [-0.25, -0.2) is 4.39 Å². The molecule has 0 unspecified atom stereocenters. The van der Waals surface area contributed by atoms with Gasteiger partial charge >= 0.3 is 5.97 Å². The number of aliphatic hydroxyl groups excluding tert-OH is 2. The Morgan fingerprint density at radius 1 is 1.24 bits per heavy atom. The van der Waals surface area contributed by atoms with Gasteiger partial charge in [0, 0.05) is 35.7 Å². The topological polar surface area (TPSA) is 118 Å². The number of hydrogen-bond donors (Lipinski definition) is 2. The minimum Gasteiger partial charge on any atom is -0.450 e. The maximum Gasteiger partial charge on any atom is 0.306 e. The molecule has 7 nitrogen and oxygen atoms in total. The van der Waals surface area contributed by atoms with Crippen LogP contribution in [0.2, 0.25) is 0 Å². The molecule has 0 amide bonds. The number of carbonyl (C=O) groups excluding carboxylic acids is 4. The summed E-state index contributed by atoms with van der Waals surface area (Å²) in [5.74, 6) is -4.17. The van der Waals surface area contributed by atoms with Crippen LogP contribution < -0.4 is 0 Å². The lowest BCUT2D eigenvalue weighted by Gasteiger charge is -2.62. The fourth-order valence-electron chi connectivity index (χ4n) is 7.60. The molecule has 0 spiro atoms. The molecule has 8 atom stereocenters. The number of hydrogen-bond acceptors (Lipinski definition) is 7. The molecular weight excluding hydrogens is 431 g/mol. The molecule has 0 bridgehead atoms. The Labute approximate surface area is 192 Å². The van der Waals surface area contributed by atoms with Crippen molar-refractivity contribution in [3.63, 3.8) is 0 Å². The van der Waals surface area contributed by atoms with Crippen molar-refractivity contribution < 1.29 is 38.5 Å². The molecule has 4 aliphatic rings. The SMILES string of the molecule is CCC(=O)O[C@@]1(C(=O)CO)[C@H](C)C[C@H]2[C@@H]3CC(=O)C4=CC(=O)C=C[C@]4(C)[C@@]3(F)[C@@H](O)C[C@@]21C. The first kappa shape index (κ1) is 24.0. The van der Waals surface area contributed by atoms with Crippen molar-refractivity contribution in [3.8, 4) is 0 Å². The van der Waals surface area contributed by atoms with Crippen molar-refractivity contribution >= 4 is 23.3 Å². The fourth-order valence-corrected chi connectivity index (χ4v) is 7.60. The van der Waals surface area contributed by atoms with Gasteiger partial charge in [0.25, 0.3) is 0 Å². The van der Waals surface area contributed by atoms with Crippen molar-refractivity contribution in [2.75, 3.05) is 6.61 Å². The van der Waals surface area contributed by atoms with Crippen LogP contribution in [0.25, 0.3) is 0 Å². The van der Waals surface area contributed by atoms with Gasteiger partial charge in [0.05, 0.1) is 11.5 Å². The Kier molecular flexibility index (Phi) is 5.37. The molecule has 8 heteroatoms. The fraction of sp³-hybridized carbons (Fsp3) is 0.680. The van der Waals surface area contributed by atoms with Crippen LogP contribution in [0.15, 0.2) is 23.8 Å². The summed E-state index contributed by atoms with van der Waals surface area (Å²) in [6.07, 6.45) is 2.03. The number of Topliss-reactive ketones (excluding diaryl/α,β-unsaturated/α-hetero) is 2. The second-order valence-electron chi connectivity index (χ2n) is 10.5. The van der Waals surface area contributed by atoms with Crippen LogP contribution in [-0.2, 0) is 23.9 Å². The second-order valence-corrected chi connectivity index (χ2v) is 10.5. The van der Waals surface area contributed by atoms with Crippen LogP contribution in [-0.4, -0.2) is 57.5 Å². The van der Waals surface area contributed by atoms with Gasteiger partial charge < -0.3 is 14.9 Å². The Hall–Kier alpha value is -2.19. The van der Waals surface area contributed by atoms with E-state index in [1.807, 2.05) is 0 Å². The van der Waals surface area contributed by atoms with E-state index in [1.54, 1.807) is 20.8 Å². The van der Waals surface area contributed by atoms with Gasteiger partial charge in [-0.15, -0.1) is 0 Å². The van der Waals surface area contributed by atoms with Crippen molar-refractivity contribution in [3.05, 3.63) is 23.8 Å². The van der Waals surface area contributed by atoms with Crippen LogP contribution in [0, 0.1) is 28.6 Å². The molecule has 2 N–H and O–H groups in total. The quantitative estimate of drug-likeness (QED) is 0.614. The van der Waals surface area contributed by atoms with E-state index in [9.17, 15) is 29.4 Å². The first-order valence-electron chi connectivity index (χ1n) is 11.5. The molecule has 0 aromatic carbocycles. The van der Waals surface area contributed by atoms with Crippen molar-refractivity contribution in [2.24, 2.45) is 28.6 Å². The molecule has 0 radical (unpaired) electrons. The second kappa shape index (κ2) is 7.40. The van der Waals surface area contributed by atoms with E-state index in [-0.39, 0.29) is 37.0 Å². The zero-order chi connectivity index (χ0) is 24.6. The lowest BCUT2D eigenvalue weighted by molar-refractivity contribution is -0.227. The molecule has 4 rings (SSSR count). The van der Waals surface area contributed by atoms with E-state index < -0.39 is 70.1 Å². The first-order valence-corrected chi connectivity index (χ1v) is 11.5. The maximum atomic E-state index is 17.2. The van der Waals surface area contributed by atoms with Gasteiger partial charge in [0.2, 0.25) is 5.78 Å². The molecule has 0 aromatic heterocycles. The summed E-state index contributed by atoms with van der Waals surface area (Å²) in [6.45, 7) is 5.67. The maximum absolute atomic E-state index is 17.2. The van der Waals surface area contributed by atoms with Gasteiger partial charge in [-0.05, 0) is 37.8 Å². The number of ether oxygens (including phenoxy) is 1. The van der Waals surface area contributed by atoms with Gasteiger partial charge in [0.1, 0.15) is 6.61 Å². The Morgan fingerprint density at radius 2 is 1.91 bits per heavy atom. The summed E-state index contributed by atoms with van der Waals surface area (Å²) < 4.78 is 23.0. The van der Waals surface area contributed by atoms with E-state index in [0.717, 1.165) is 6.08 Å². The van der Waals surface area contributed by atoms with Crippen molar-refractivity contribution in [1.82, 2.24) is 0 Å². The summed E-state index contributed by atoms with van der Waals surface area (Å²) in [5, 5.41) is 21.1. The molecule has 0 aliphatic heterocycles. The third-order valence-corrected chi connectivity index (χ3v) is 9.15. The number of alkyl halides is 1. The lowest BCUT2D eigenvalue weighted by Crippen LogP contribution is -2.71. The number of rotatable bonds is 4.